The molecule has 3 N–H and O–H groups in total. The summed E-state index contributed by atoms with van der Waals surface area (Å²) in [5.74, 6) is -0.638. The molecule has 0 saturated carbocycles. The van der Waals surface area contributed by atoms with Crippen LogP contribution < -0.4 is 10.6 Å². The van der Waals surface area contributed by atoms with Gasteiger partial charge in [0.25, 0.3) is 0 Å². The second kappa shape index (κ2) is 8.92. The van der Waals surface area contributed by atoms with Gasteiger partial charge in [0.15, 0.2) is 0 Å². The van der Waals surface area contributed by atoms with Gasteiger partial charge in [-0.25, -0.2) is 4.79 Å². The van der Waals surface area contributed by atoms with Crippen molar-refractivity contribution in [2.45, 2.75) is 58.2 Å². The summed E-state index contributed by atoms with van der Waals surface area (Å²) in [6.45, 7) is 6.98. The highest BCUT2D eigenvalue weighted by molar-refractivity contribution is 5.87. The first-order valence-corrected chi connectivity index (χ1v) is 8.12. The molecule has 0 saturated heterocycles. The quantitative estimate of drug-likeness (QED) is 0.732. The van der Waals surface area contributed by atoms with Crippen molar-refractivity contribution in [3.8, 4) is 11.8 Å². The van der Waals surface area contributed by atoms with E-state index < -0.39 is 23.6 Å². The maximum absolute atomic E-state index is 12.6. The van der Waals surface area contributed by atoms with Gasteiger partial charge in [0, 0.05) is 11.6 Å². The monoisotopic (exact) mass is 347 g/mol. The second-order valence-corrected chi connectivity index (χ2v) is 6.61. The fourth-order valence-corrected chi connectivity index (χ4v) is 2.13. The van der Waals surface area contributed by atoms with Crippen LogP contribution in [0.3, 0.4) is 0 Å². The molecule has 2 unspecified atom stereocenters. The molecule has 1 aromatic rings. The lowest BCUT2D eigenvalue weighted by Gasteiger charge is -2.25. The number of ether oxygens (including phenoxy) is 1. The van der Waals surface area contributed by atoms with Gasteiger partial charge >= 0.3 is 6.09 Å². The number of nitrogens with one attached hydrogen (secondary N) is 2. The summed E-state index contributed by atoms with van der Waals surface area (Å²) in [6, 6.07) is 6.77. The van der Waals surface area contributed by atoms with Crippen molar-refractivity contribution < 1.29 is 19.4 Å². The summed E-state index contributed by atoms with van der Waals surface area (Å²) < 4.78 is 5.19. The molecule has 7 heteroatoms. The number of benzene rings is 1. The highest BCUT2D eigenvalue weighted by atomic mass is 16.6. The molecule has 2 atom stereocenters. The summed E-state index contributed by atoms with van der Waals surface area (Å²) in [5, 5.41) is 24.1. The number of nitrogens with zero attached hydrogens (tertiary/aromatic N) is 1. The highest BCUT2D eigenvalue weighted by Crippen LogP contribution is 2.24. The molecule has 1 aromatic carbocycles. The first kappa shape index (κ1) is 20.3. The molecule has 0 radical (unpaired) electrons. The molecule has 0 aliphatic carbocycles. The van der Waals surface area contributed by atoms with Crippen LogP contribution in [0.15, 0.2) is 24.3 Å². The van der Waals surface area contributed by atoms with E-state index in [1.54, 1.807) is 39.0 Å². The van der Waals surface area contributed by atoms with Gasteiger partial charge < -0.3 is 20.5 Å². The number of hydrogen-bond donors (Lipinski definition) is 3. The Bertz CT molecular complexity index is 646. The Morgan fingerprint density at radius 1 is 1.28 bits per heavy atom. The van der Waals surface area contributed by atoms with E-state index in [9.17, 15) is 14.7 Å². The standard InChI is InChI=1S/C18H25N3O4/c1-5-12(10-11-19)20-16(23)15(13-8-6-7-9-14(13)22)21-17(24)25-18(2,3)4/h6-9,12,15,22H,5,10H2,1-4H3,(H,20,23)(H,21,24). The number of aromatic hydroxyl groups is 1. The summed E-state index contributed by atoms with van der Waals surface area (Å²) in [5.41, 5.74) is -0.478. The Kier molecular flexibility index (Phi) is 7.24. The number of carbonyl (C=O) groups is 2. The van der Waals surface area contributed by atoms with Gasteiger partial charge in [-0.2, -0.15) is 5.26 Å². The number of phenolic OH excluding ortho intramolecular Hbond substituents is 1. The van der Waals surface area contributed by atoms with Crippen LogP contribution in [0.25, 0.3) is 0 Å². The van der Waals surface area contributed by atoms with Crippen LogP contribution in [0.2, 0.25) is 0 Å². The Labute approximate surface area is 148 Å². The SMILES string of the molecule is CCC(CC#N)NC(=O)C(NC(=O)OC(C)(C)C)c1ccccc1O. The highest BCUT2D eigenvalue weighted by Gasteiger charge is 2.28. The molecule has 0 bridgehead atoms. The van der Waals surface area contributed by atoms with Crippen LogP contribution in [0.1, 0.15) is 52.1 Å². The van der Waals surface area contributed by atoms with Crippen molar-refractivity contribution in [1.82, 2.24) is 10.6 Å². The molecule has 0 heterocycles. The minimum absolute atomic E-state index is 0.118. The molecular weight excluding hydrogens is 322 g/mol. The number of hydrogen-bond acceptors (Lipinski definition) is 5. The van der Waals surface area contributed by atoms with E-state index in [1.165, 1.54) is 6.07 Å². The van der Waals surface area contributed by atoms with Gasteiger partial charge in [-0.1, -0.05) is 25.1 Å². The Balaban J connectivity index is 3.03. The van der Waals surface area contributed by atoms with E-state index in [2.05, 4.69) is 10.6 Å². The molecule has 1 rings (SSSR count). The molecule has 7 nitrogen and oxygen atoms in total. The predicted molar refractivity (Wildman–Crippen MR) is 92.7 cm³/mol. The van der Waals surface area contributed by atoms with Gasteiger partial charge in [-0.05, 0) is 33.3 Å². The summed E-state index contributed by atoms with van der Waals surface area (Å²) >= 11 is 0. The normalized spacial score (nSPS) is 13.2. The number of nitriles is 1. The average molecular weight is 347 g/mol. The second-order valence-electron chi connectivity index (χ2n) is 6.61. The molecule has 2 amide bonds. The van der Waals surface area contributed by atoms with Crippen LogP contribution in [-0.2, 0) is 9.53 Å². The number of rotatable bonds is 6. The average Bonchev–Trinajstić information content (AvgIpc) is 2.51. The third-order valence-corrected chi connectivity index (χ3v) is 3.35. The minimum atomic E-state index is -1.14. The molecule has 0 aromatic heterocycles. The Morgan fingerprint density at radius 2 is 1.92 bits per heavy atom. The molecule has 0 aliphatic heterocycles. The van der Waals surface area contributed by atoms with Crippen molar-refractivity contribution in [1.29, 1.82) is 5.26 Å². The topological polar surface area (TPSA) is 111 Å². The van der Waals surface area contributed by atoms with E-state index in [1.807, 2.05) is 13.0 Å². The van der Waals surface area contributed by atoms with E-state index in [4.69, 9.17) is 10.00 Å². The van der Waals surface area contributed by atoms with Crippen molar-refractivity contribution in [2.75, 3.05) is 0 Å². The van der Waals surface area contributed by atoms with Gasteiger partial charge in [0.2, 0.25) is 5.91 Å². The van der Waals surface area contributed by atoms with Gasteiger partial charge in [0.1, 0.15) is 17.4 Å². The Morgan fingerprint density at radius 3 is 2.44 bits per heavy atom. The predicted octanol–water partition coefficient (Wildman–Crippen LogP) is 2.77. The fourth-order valence-electron chi connectivity index (χ4n) is 2.13. The van der Waals surface area contributed by atoms with Crippen molar-refractivity contribution in [2.24, 2.45) is 0 Å². The number of alkyl carbamates (subject to hydrolysis) is 1. The molecular formula is C18H25N3O4. The first-order chi connectivity index (χ1) is 11.7. The maximum Gasteiger partial charge on any atom is 0.408 e. The van der Waals surface area contributed by atoms with Crippen molar-refractivity contribution in [3.05, 3.63) is 29.8 Å². The maximum atomic E-state index is 12.6. The first-order valence-electron chi connectivity index (χ1n) is 8.12. The van der Waals surface area contributed by atoms with Crippen LogP contribution in [0, 0.1) is 11.3 Å². The zero-order chi connectivity index (χ0) is 19.0. The lowest BCUT2D eigenvalue weighted by molar-refractivity contribution is -0.124. The van der Waals surface area contributed by atoms with Crippen LogP contribution in [0.4, 0.5) is 4.79 Å². The molecule has 25 heavy (non-hydrogen) atoms. The zero-order valence-corrected chi connectivity index (χ0v) is 15.0. The van der Waals surface area contributed by atoms with Crippen LogP contribution in [0.5, 0.6) is 5.75 Å². The van der Waals surface area contributed by atoms with Crippen LogP contribution >= 0.6 is 0 Å². The third kappa shape index (κ3) is 6.71. The van der Waals surface area contributed by atoms with E-state index in [-0.39, 0.29) is 23.8 Å². The molecule has 136 valence electrons. The largest absolute Gasteiger partial charge is 0.508 e. The lowest BCUT2D eigenvalue weighted by Crippen LogP contribution is -2.45. The number of carbonyl (C=O) groups excluding carboxylic acids is 2. The summed E-state index contributed by atoms with van der Waals surface area (Å²) in [6.07, 6.45) is -0.0502. The molecule has 0 fully saturated rings. The summed E-state index contributed by atoms with van der Waals surface area (Å²) in [7, 11) is 0. The fraction of sp³-hybridized carbons (Fsp3) is 0.500. The number of para-hydroxylation sites is 1. The zero-order valence-electron chi connectivity index (χ0n) is 15.0. The molecule has 0 aliphatic rings. The molecule has 0 spiro atoms. The van der Waals surface area contributed by atoms with Gasteiger partial charge in [0.05, 0.1) is 12.5 Å². The van der Waals surface area contributed by atoms with Crippen LogP contribution in [-0.4, -0.2) is 28.7 Å². The number of phenols is 1. The summed E-state index contributed by atoms with van der Waals surface area (Å²) in [4.78, 5) is 24.7. The van der Waals surface area contributed by atoms with Crippen molar-refractivity contribution >= 4 is 12.0 Å². The number of amides is 2. The third-order valence-electron chi connectivity index (χ3n) is 3.35. The minimum Gasteiger partial charge on any atom is -0.508 e. The Hall–Kier alpha value is -2.75. The van der Waals surface area contributed by atoms with Gasteiger partial charge in [-0.3, -0.25) is 4.79 Å². The van der Waals surface area contributed by atoms with E-state index >= 15 is 0 Å². The van der Waals surface area contributed by atoms with E-state index in [0.29, 0.717) is 6.42 Å². The van der Waals surface area contributed by atoms with E-state index in [0.717, 1.165) is 0 Å². The van der Waals surface area contributed by atoms with Crippen molar-refractivity contribution in [3.63, 3.8) is 0 Å². The van der Waals surface area contributed by atoms with Gasteiger partial charge in [-0.15, -0.1) is 0 Å². The smallest absolute Gasteiger partial charge is 0.408 e. The lowest BCUT2D eigenvalue weighted by atomic mass is 10.0.